The highest BCUT2D eigenvalue weighted by Gasteiger charge is 2.12. The number of ether oxygens (including phenoxy) is 1. The van der Waals surface area contributed by atoms with E-state index in [9.17, 15) is 0 Å². The zero-order chi connectivity index (χ0) is 12.8. The minimum atomic E-state index is 0.853. The van der Waals surface area contributed by atoms with Gasteiger partial charge in [0.1, 0.15) is 5.75 Å². The molecular formula is C14H22N2OS. The summed E-state index contributed by atoms with van der Waals surface area (Å²) in [6.07, 6.45) is 3.91. The molecule has 0 aromatic heterocycles. The van der Waals surface area contributed by atoms with Crippen molar-refractivity contribution in [3.63, 3.8) is 0 Å². The van der Waals surface area contributed by atoms with Crippen LogP contribution in [0.5, 0.6) is 5.75 Å². The Morgan fingerprint density at radius 1 is 1.39 bits per heavy atom. The molecule has 1 heterocycles. The maximum Gasteiger partial charge on any atom is 0.120 e. The van der Waals surface area contributed by atoms with Crippen molar-refractivity contribution in [3.8, 4) is 5.75 Å². The quantitative estimate of drug-likeness (QED) is 0.635. The average Bonchev–Trinajstić information content (AvgIpc) is 2.42. The third kappa shape index (κ3) is 3.82. The monoisotopic (exact) mass is 266 g/mol. The van der Waals surface area contributed by atoms with Crippen molar-refractivity contribution in [1.29, 1.82) is 0 Å². The topological polar surface area (TPSA) is 47.3 Å². The van der Waals surface area contributed by atoms with Crippen LogP contribution in [0, 0.1) is 5.92 Å². The molecule has 3 nitrogen and oxygen atoms in total. The van der Waals surface area contributed by atoms with E-state index < -0.39 is 0 Å². The molecule has 1 aromatic rings. The summed E-state index contributed by atoms with van der Waals surface area (Å²) < 4.78 is 5.23. The minimum absolute atomic E-state index is 0.853. The Morgan fingerprint density at radius 3 is 2.89 bits per heavy atom. The number of benzene rings is 1. The number of piperidine rings is 1. The zero-order valence-corrected chi connectivity index (χ0v) is 11.8. The second kappa shape index (κ2) is 6.90. The molecule has 2 rings (SSSR count). The minimum Gasteiger partial charge on any atom is -0.497 e. The van der Waals surface area contributed by atoms with Crippen LogP contribution in [-0.4, -0.2) is 26.0 Å². The normalized spacial score (nSPS) is 16.7. The van der Waals surface area contributed by atoms with Gasteiger partial charge in [0.25, 0.3) is 0 Å². The van der Waals surface area contributed by atoms with Gasteiger partial charge in [0.2, 0.25) is 0 Å². The van der Waals surface area contributed by atoms with E-state index in [1.165, 1.54) is 32.4 Å². The third-order valence-corrected chi connectivity index (χ3v) is 4.57. The first kappa shape index (κ1) is 13.6. The van der Waals surface area contributed by atoms with Gasteiger partial charge in [0.05, 0.1) is 7.11 Å². The van der Waals surface area contributed by atoms with Crippen molar-refractivity contribution < 1.29 is 4.74 Å². The highest BCUT2D eigenvalue weighted by atomic mass is 32.2. The van der Waals surface area contributed by atoms with Gasteiger partial charge in [-0.1, -0.05) is 0 Å². The van der Waals surface area contributed by atoms with Crippen molar-refractivity contribution in [2.75, 3.05) is 31.7 Å². The molecule has 1 fully saturated rings. The maximum atomic E-state index is 5.98. The first-order valence-electron chi connectivity index (χ1n) is 6.56. The van der Waals surface area contributed by atoms with Gasteiger partial charge >= 0.3 is 0 Å². The van der Waals surface area contributed by atoms with Gasteiger partial charge in [-0.15, -0.1) is 11.8 Å². The number of thioether (sulfide) groups is 1. The Hall–Kier alpha value is -0.870. The molecule has 0 unspecified atom stereocenters. The van der Waals surface area contributed by atoms with Crippen LogP contribution in [0.3, 0.4) is 0 Å². The molecule has 100 valence electrons. The van der Waals surface area contributed by atoms with Crippen LogP contribution in [0.15, 0.2) is 23.1 Å². The van der Waals surface area contributed by atoms with E-state index in [1.54, 1.807) is 7.11 Å². The second-order valence-corrected chi connectivity index (χ2v) is 5.87. The number of nitrogens with two attached hydrogens (primary N) is 1. The number of methoxy groups -OCH3 is 1. The van der Waals surface area contributed by atoms with Crippen molar-refractivity contribution in [1.82, 2.24) is 5.32 Å². The Morgan fingerprint density at radius 2 is 2.17 bits per heavy atom. The van der Waals surface area contributed by atoms with Gasteiger partial charge in [-0.25, -0.2) is 0 Å². The molecule has 1 aromatic carbocycles. The Kier molecular flexibility index (Phi) is 5.20. The van der Waals surface area contributed by atoms with Gasteiger partial charge in [0.15, 0.2) is 0 Å². The summed E-state index contributed by atoms with van der Waals surface area (Å²) in [5.41, 5.74) is 6.83. The van der Waals surface area contributed by atoms with Crippen LogP contribution < -0.4 is 15.8 Å². The predicted molar refractivity (Wildman–Crippen MR) is 78.3 cm³/mol. The average molecular weight is 266 g/mol. The van der Waals surface area contributed by atoms with E-state index in [0.717, 1.165) is 28.0 Å². The fraction of sp³-hybridized carbons (Fsp3) is 0.571. The molecule has 1 aliphatic heterocycles. The van der Waals surface area contributed by atoms with E-state index in [2.05, 4.69) is 5.32 Å². The summed E-state index contributed by atoms with van der Waals surface area (Å²) in [6.45, 7) is 2.35. The van der Waals surface area contributed by atoms with Gasteiger partial charge < -0.3 is 15.8 Å². The van der Waals surface area contributed by atoms with Crippen LogP contribution in [0.2, 0.25) is 0 Å². The van der Waals surface area contributed by atoms with Crippen molar-refractivity contribution in [2.45, 2.75) is 24.2 Å². The summed E-state index contributed by atoms with van der Waals surface area (Å²) >= 11 is 1.84. The molecule has 0 atom stereocenters. The van der Waals surface area contributed by atoms with Crippen LogP contribution in [0.1, 0.15) is 19.3 Å². The van der Waals surface area contributed by atoms with Gasteiger partial charge in [0, 0.05) is 10.6 Å². The Bertz CT molecular complexity index is 378. The largest absolute Gasteiger partial charge is 0.497 e. The summed E-state index contributed by atoms with van der Waals surface area (Å²) in [7, 11) is 1.69. The standard InChI is InChI=1S/C14H22N2OS/c1-17-12-2-3-13(15)14(10-12)18-9-6-11-4-7-16-8-5-11/h2-3,10-11,16H,4-9,15H2,1H3. The molecule has 4 heteroatoms. The molecule has 0 radical (unpaired) electrons. The molecule has 1 aliphatic rings. The fourth-order valence-electron chi connectivity index (χ4n) is 2.27. The van der Waals surface area contributed by atoms with Crippen molar-refractivity contribution in [2.24, 2.45) is 5.92 Å². The van der Waals surface area contributed by atoms with Crippen molar-refractivity contribution >= 4 is 17.4 Å². The molecule has 0 saturated carbocycles. The predicted octanol–water partition coefficient (Wildman–Crippen LogP) is 2.76. The molecule has 18 heavy (non-hydrogen) atoms. The van der Waals surface area contributed by atoms with Crippen LogP contribution in [0.25, 0.3) is 0 Å². The van der Waals surface area contributed by atoms with Gasteiger partial charge in [-0.2, -0.15) is 0 Å². The van der Waals surface area contributed by atoms with E-state index in [0.29, 0.717) is 0 Å². The van der Waals surface area contributed by atoms with E-state index in [1.807, 2.05) is 30.0 Å². The van der Waals surface area contributed by atoms with Gasteiger partial charge in [-0.3, -0.25) is 0 Å². The smallest absolute Gasteiger partial charge is 0.120 e. The molecule has 0 amide bonds. The molecule has 1 saturated heterocycles. The van der Waals surface area contributed by atoms with Gasteiger partial charge in [-0.05, 0) is 62.2 Å². The summed E-state index contributed by atoms with van der Waals surface area (Å²) in [6, 6.07) is 5.86. The lowest BCUT2D eigenvalue weighted by molar-refractivity contribution is 0.367. The SMILES string of the molecule is COc1ccc(N)c(SCCC2CCNCC2)c1. The summed E-state index contributed by atoms with van der Waals surface area (Å²) in [5, 5.41) is 3.40. The zero-order valence-electron chi connectivity index (χ0n) is 10.9. The Balaban J connectivity index is 1.81. The highest BCUT2D eigenvalue weighted by molar-refractivity contribution is 7.99. The third-order valence-electron chi connectivity index (χ3n) is 3.46. The number of rotatable bonds is 5. The van der Waals surface area contributed by atoms with Crippen LogP contribution in [-0.2, 0) is 0 Å². The molecule has 0 aliphatic carbocycles. The fourth-order valence-corrected chi connectivity index (χ4v) is 3.38. The molecule has 0 spiro atoms. The van der Waals surface area contributed by atoms with E-state index in [-0.39, 0.29) is 0 Å². The van der Waals surface area contributed by atoms with E-state index in [4.69, 9.17) is 10.5 Å². The first-order chi connectivity index (χ1) is 8.79. The molecule has 0 bridgehead atoms. The second-order valence-electron chi connectivity index (χ2n) is 4.73. The van der Waals surface area contributed by atoms with Crippen molar-refractivity contribution in [3.05, 3.63) is 18.2 Å². The molecule has 3 N–H and O–H groups in total. The lowest BCUT2D eigenvalue weighted by Gasteiger charge is -2.22. The van der Waals surface area contributed by atoms with Crippen LogP contribution in [0.4, 0.5) is 5.69 Å². The number of hydrogen-bond donors (Lipinski definition) is 2. The number of nitrogen functional groups attached to an aromatic ring is 1. The first-order valence-corrected chi connectivity index (χ1v) is 7.55. The van der Waals surface area contributed by atoms with E-state index >= 15 is 0 Å². The number of nitrogens with one attached hydrogen (secondary N) is 1. The lowest BCUT2D eigenvalue weighted by Crippen LogP contribution is -2.27. The summed E-state index contributed by atoms with van der Waals surface area (Å²) in [5.74, 6) is 2.90. The number of hydrogen-bond acceptors (Lipinski definition) is 4. The summed E-state index contributed by atoms with van der Waals surface area (Å²) in [4.78, 5) is 1.14. The maximum absolute atomic E-state index is 5.98. The number of anilines is 1. The molecular weight excluding hydrogens is 244 g/mol. The van der Waals surface area contributed by atoms with Crippen LogP contribution >= 0.6 is 11.8 Å². The Labute approximate surface area is 113 Å². The highest BCUT2D eigenvalue weighted by Crippen LogP contribution is 2.31. The lowest BCUT2D eigenvalue weighted by atomic mass is 9.96.